The lowest BCUT2D eigenvalue weighted by molar-refractivity contribution is 0.0734. The molecule has 0 radical (unpaired) electrons. The van der Waals surface area contributed by atoms with Gasteiger partial charge in [0.05, 0.1) is 16.6 Å². The minimum Gasteiger partial charge on any atom is -0.507 e. The normalized spacial score (nSPS) is 11.1. The van der Waals surface area contributed by atoms with Gasteiger partial charge in [0.1, 0.15) is 45.0 Å². The van der Waals surface area contributed by atoms with E-state index < -0.39 is 39.7 Å². The maximum Gasteiger partial charge on any atom is 0.343 e. The maximum atomic E-state index is 13.7. The molecule has 0 atom stereocenters. The molecule has 0 aliphatic heterocycles. The number of aromatic nitrogens is 4. The van der Waals surface area contributed by atoms with Crippen molar-refractivity contribution in [3.63, 3.8) is 0 Å². The van der Waals surface area contributed by atoms with E-state index in [2.05, 4.69) is 9.97 Å². The number of phenols is 1. The van der Waals surface area contributed by atoms with E-state index in [9.17, 15) is 40.2 Å². The number of benzene rings is 4. The first-order chi connectivity index (χ1) is 27.4. The van der Waals surface area contributed by atoms with Crippen LogP contribution in [0.25, 0.3) is 55.7 Å². The Morgan fingerprint density at radius 2 is 1.18 bits per heavy atom. The number of nitrogens with one attached hydrogen (secondary N) is 2. The van der Waals surface area contributed by atoms with Gasteiger partial charge in [0.25, 0.3) is 11.1 Å². The summed E-state index contributed by atoms with van der Waals surface area (Å²) < 4.78 is 8.97. The third-order valence-corrected chi connectivity index (χ3v) is 10.1. The Balaban J connectivity index is 1.09. The monoisotopic (exact) mass is 794 g/mol. The molecule has 57 heavy (non-hydrogen) atoms. The number of halogens is 2. The predicted molar refractivity (Wildman–Crippen MR) is 213 cm³/mol. The number of nitrogens with zero attached hydrogens (tertiary/aromatic N) is 4. The van der Waals surface area contributed by atoms with Crippen molar-refractivity contribution < 1.29 is 24.9 Å². The van der Waals surface area contributed by atoms with Crippen molar-refractivity contribution >= 4 is 51.2 Å². The van der Waals surface area contributed by atoms with Crippen LogP contribution in [0, 0.1) is 29.6 Å². The van der Waals surface area contributed by atoms with Crippen LogP contribution in [0.4, 0.5) is 0 Å². The molecule has 5 N–H and O–H groups in total. The number of hydrogen-bond donors (Lipinski definition) is 5. The number of pyridine rings is 2. The molecule has 278 valence electrons. The summed E-state index contributed by atoms with van der Waals surface area (Å²) in [5, 5.41) is 51.5. The molecule has 15 heteroatoms. The Morgan fingerprint density at radius 1 is 0.684 bits per heavy atom. The zero-order chi connectivity index (χ0) is 40.3. The standard InChI is InChI=1S/C42H24Cl2N6O7/c1-20-3-2-4-26(21-5-10-24(11-6-21)49-33(43)16-30-35(49)37(52)28(18-45)40(54)47-30)39(20)57-42(56)23-9-14-32(51)27(15-23)22-7-12-25(13-8-22)50-34(44)17-31-36(50)38(53)29(19-46)41(55)48-31/h2-17,51H,1H3,(H2,47,52,54)(H2,48,53,55). The first-order valence-corrected chi connectivity index (χ1v) is 17.6. The molecule has 0 amide bonds. The number of esters is 1. The number of H-pyrrole nitrogens is 2. The Morgan fingerprint density at radius 3 is 1.67 bits per heavy atom. The SMILES string of the molecule is Cc1cccc(-c2ccc(-n3c(Cl)cc4[nH]c(=O)c(C#N)c(O)c43)cc2)c1OC(=O)c1ccc(O)c(-c2ccc(-n3c(Cl)cc4[nH]c(=O)c(C#N)c(O)c43)cc2)c1. The van der Waals surface area contributed by atoms with Crippen LogP contribution in [-0.2, 0) is 0 Å². The van der Waals surface area contributed by atoms with Crippen molar-refractivity contribution in [3.8, 4) is 68.8 Å². The van der Waals surface area contributed by atoms with E-state index in [4.69, 9.17) is 27.9 Å². The molecule has 0 aliphatic carbocycles. The van der Waals surface area contributed by atoms with Gasteiger partial charge in [0, 0.05) is 22.5 Å². The number of nitriles is 2. The van der Waals surface area contributed by atoms with E-state index in [1.54, 1.807) is 79.7 Å². The average molecular weight is 796 g/mol. The third-order valence-electron chi connectivity index (χ3n) is 9.52. The zero-order valence-electron chi connectivity index (χ0n) is 29.3. The van der Waals surface area contributed by atoms with E-state index in [0.29, 0.717) is 44.9 Å². The Hall–Kier alpha value is -7.71. The highest BCUT2D eigenvalue weighted by molar-refractivity contribution is 6.31. The lowest BCUT2D eigenvalue weighted by Gasteiger charge is -2.15. The highest BCUT2D eigenvalue weighted by Crippen LogP contribution is 2.39. The fourth-order valence-corrected chi connectivity index (χ4v) is 7.37. The number of aryl methyl sites for hydroxylation is 1. The predicted octanol–water partition coefficient (Wildman–Crippen LogP) is 7.98. The number of carbonyl (C=O) groups is 1. The van der Waals surface area contributed by atoms with E-state index >= 15 is 0 Å². The third kappa shape index (κ3) is 6.00. The molecule has 4 aromatic heterocycles. The van der Waals surface area contributed by atoms with Gasteiger partial charge >= 0.3 is 5.97 Å². The van der Waals surface area contributed by atoms with E-state index in [0.717, 1.165) is 0 Å². The highest BCUT2D eigenvalue weighted by atomic mass is 35.5. The van der Waals surface area contributed by atoms with Gasteiger partial charge in [-0.05, 0) is 78.2 Å². The number of rotatable bonds is 6. The molecule has 0 saturated carbocycles. The van der Waals surface area contributed by atoms with Gasteiger partial charge in [-0.1, -0.05) is 65.7 Å². The number of phenolic OH excluding ortho intramolecular Hbond substituents is 1. The molecule has 0 bridgehead atoms. The van der Waals surface area contributed by atoms with Gasteiger partial charge in [-0.15, -0.1) is 0 Å². The maximum absolute atomic E-state index is 13.7. The Kier molecular flexibility index (Phi) is 8.82. The van der Waals surface area contributed by atoms with Crippen LogP contribution < -0.4 is 15.9 Å². The number of carbonyl (C=O) groups excluding carboxylic acids is 1. The molecular formula is C42H24Cl2N6O7. The van der Waals surface area contributed by atoms with Crippen molar-refractivity contribution in [2.75, 3.05) is 0 Å². The Bertz CT molecular complexity index is 3200. The summed E-state index contributed by atoms with van der Waals surface area (Å²) in [5.74, 6) is -1.51. The first-order valence-electron chi connectivity index (χ1n) is 16.9. The summed E-state index contributed by atoms with van der Waals surface area (Å²) in [6.45, 7) is 1.80. The van der Waals surface area contributed by atoms with Crippen molar-refractivity contribution in [2.24, 2.45) is 0 Å². The number of ether oxygens (including phenoxy) is 1. The highest BCUT2D eigenvalue weighted by Gasteiger charge is 2.22. The number of aromatic amines is 2. The summed E-state index contributed by atoms with van der Waals surface area (Å²) in [5.41, 5.74) is 2.36. The van der Waals surface area contributed by atoms with Crippen molar-refractivity contribution in [1.82, 2.24) is 19.1 Å². The van der Waals surface area contributed by atoms with Gasteiger partial charge in [-0.3, -0.25) is 18.7 Å². The minimum absolute atomic E-state index is 0.103. The van der Waals surface area contributed by atoms with Gasteiger partial charge in [0.2, 0.25) is 0 Å². The number of para-hydroxylation sites is 1. The number of fused-ring (bicyclic) bond motifs is 2. The summed E-state index contributed by atoms with van der Waals surface area (Å²) in [6, 6.07) is 29.7. The summed E-state index contributed by atoms with van der Waals surface area (Å²) >= 11 is 13.0. The molecule has 0 unspecified atom stereocenters. The van der Waals surface area contributed by atoms with Crippen molar-refractivity contribution in [2.45, 2.75) is 6.92 Å². The quantitative estimate of drug-likeness (QED) is 0.0815. The Labute approximate surface area is 330 Å². The van der Waals surface area contributed by atoms with Crippen LogP contribution in [0.15, 0.2) is 107 Å². The number of aromatic hydroxyl groups is 3. The van der Waals surface area contributed by atoms with Crippen molar-refractivity contribution in [3.05, 3.63) is 150 Å². The van der Waals surface area contributed by atoms with Gasteiger partial charge in [-0.2, -0.15) is 10.5 Å². The largest absolute Gasteiger partial charge is 0.507 e. The smallest absolute Gasteiger partial charge is 0.343 e. The zero-order valence-corrected chi connectivity index (χ0v) is 30.8. The molecule has 4 heterocycles. The van der Waals surface area contributed by atoms with Gasteiger partial charge in [-0.25, -0.2) is 4.79 Å². The first kappa shape index (κ1) is 36.3. The fourth-order valence-electron chi connectivity index (χ4n) is 6.79. The lowest BCUT2D eigenvalue weighted by Crippen LogP contribution is -2.10. The van der Waals surface area contributed by atoms with E-state index in [-0.39, 0.29) is 43.7 Å². The molecular weight excluding hydrogens is 771 g/mol. The molecule has 0 saturated heterocycles. The second kappa shape index (κ2) is 13.9. The summed E-state index contributed by atoms with van der Waals surface area (Å²) in [6.07, 6.45) is 0. The number of hydrogen-bond acceptors (Lipinski definition) is 9. The van der Waals surface area contributed by atoms with Crippen LogP contribution in [0.1, 0.15) is 27.0 Å². The van der Waals surface area contributed by atoms with Crippen LogP contribution in [0.2, 0.25) is 10.3 Å². The molecule has 13 nitrogen and oxygen atoms in total. The summed E-state index contributed by atoms with van der Waals surface area (Å²) in [4.78, 5) is 43.3. The van der Waals surface area contributed by atoms with Gasteiger partial charge < -0.3 is 30.0 Å². The van der Waals surface area contributed by atoms with Gasteiger partial charge in [0.15, 0.2) is 22.6 Å². The molecule has 8 rings (SSSR count). The molecule has 0 aliphatic rings. The molecule has 0 fully saturated rings. The topological polar surface area (TPSA) is 210 Å². The molecule has 4 aromatic carbocycles. The van der Waals surface area contributed by atoms with Crippen LogP contribution in [0.3, 0.4) is 0 Å². The second-order valence-electron chi connectivity index (χ2n) is 12.9. The minimum atomic E-state index is -0.748. The average Bonchev–Trinajstić information content (AvgIpc) is 3.71. The second-order valence-corrected chi connectivity index (χ2v) is 13.6. The molecule has 0 spiro atoms. The fraction of sp³-hybridized carbons (Fsp3) is 0.0238. The lowest BCUT2D eigenvalue weighted by atomic mass is 10.0. The van der Waals surface area contributed by atoms with Crippen LogP contribution >= 0.6 is 23.2 Å². The summed E-state index contributed by atoms with van der Waals surface area (Å²) in [7, 11) is 0. The van der Waals surface area contributed by atoms with E-state index in [1.165, 1.54) is 39.5 Å². The van der Waals surface area contributed by atoms with Crippen LogP contribution in [0.5, 0.6) is 23.0 Å². The van der Waals surface area contributed by atoms with Crippen LogP contribution in [-0.4, -0.2) is 40.4 Å². The van der Waals surface area contributed by atoms with Crippen molar-refractivity contribution in [1.29, 1.82) is 10.5 Å². The molecule has 8 aromatic rings. The van der Waals surface area contributed by atoms with E-state index in [1.807, 2.05) is 6.07 Å².